The first kappa shape index (κ1) is 19.7. The summed E-state index contributed by atoms with van der Waals surface area (Å²) in [7, 11) is 1.77. The molecule has 9 heteroatoms. The molecule has 0 saturated heterocycles. The number of thioether (sulfide) groups is 1. The average molecular weight is 417 g/mol. The van der Waals surface area contributed by atoms with E-state index in [1.807, 2.05) is 19.9 Å². The molecule has 3 heterocycles. The first-order valence-corrected chi connectivity index (χ1v) is 10.1. The van der Waals surface area contributed by atoms with Gasteiger partial charge in [0.1, 0.15) is 11.2 Å². The number of aromatic nitrogens is 4. The zero-order valence-electron chi connectivity index (χ0n) is 16.1. The van der Waals surface area contributed by atoms with Crippen molar-refractivity contribution in [1.82, 2.24) is 19.5 Å². The Hall–Kier alpha value is -2.60. The Morgan fingerprint density at radius 1 is 1.31 bits per heavy atom. The fourth-order valence-corrected chi connectivity index (χ4v) is 4.30. The average Bonchev–Trinajstić information content (AvgIpc) is 3.27. The van der Waals surface area contributed by atoms with Gasteiger partial charge in [0.25, 0.3) is 0 Å². The molecule has 1 aliphatic carbocycles. The molecule has 0 aliphatic heterocycles. The van der Waals surface area contributed by atoms with Gasteiger partial charge in [0.05, 0.1) is 17.0 Å². The van der Waals surface area contributed by atoms with Crippen LogP contribution in [0.3, 0.4) is 0 Å². The third kappa shape index (κ3) is 3.35. The van der Waals surface area contributed by atoms with E-state index in [1.54, 1.807) is 17.8 Å². The van der Waals surface area contributed by atoms with Crippen molar-refractivity contribution in [2.75, 3.05) is 5.75 Å². The molecule has 150 valence electrons. The van der Waals surface area contributed by atoms with E-state index in [9.17, 15) is 18.4 Å². The lowest BCUT2D eigenvalue weighted by molar-refractivity contribution is -0.138. The number of halogens is 3. The van der Waals surface area contributed by atoms with Gasteiger partial charge in [-0.2, -0.15) is 18.4 Å². The molecular formula is C20H18F3N5S. The summed E-state index contributed by atoms with van der Waals surface area (Å²) in [6, 6.07) is 5.37. The van der Waals surface area contributed by atoms with E-state index in [2.05, 4.69) is 21.0 Å². The molecule has 0 N–H and O–H groups in total. The number of aryl methyl sites for hydroxylation is 1. The van der Waals surface area contributed by atoms with Gasteiger partial charge in [0.2, 0.25) is 0 Å². The Morgan fingerprint density at radius 2 is 2.07 bits per heavy atom. The summed E-state index contributed by atoms with van der Waals surface area (Å²) in [4.78, 5) is 13.7. The van der Waals surface area contributed by atoms with E-state index < -0.39 is 11.7 Å². The van der Waals surface area contributed by atoms with E-state index >= 15 is 0 Å². The highest BCUT2D eigenvalue weighted by Gasteiger charge is 2.51. The smallest absolute Gasteiger partial charge is 0.310 e. The van der Waals surface area contributed by atoms with Crippen molar-refractivity contribution < 1.29 is 13.2 Å². The number of pyridine rings is 2. The van der Waals surface area contributed by atoms with E-state index in [1.165, 1.54) is 11.8 Å². The Labute approximate surface area is 170 Å². The molecule has 1 saturated carbocycles. The summed E-state index contributed by atoms with van der Waals surface area (Å²) in [5, 5.41) is 9.29. The third-order valence-corrected chi connectivity index (χ3v) is 6.23. The second kappa shape index (κ2) is 6.73. The predicted octanol–water partition coefficient (Wildman–Crippen LogP) is 5.18. The maximum Gasteiger partial charge on any atom is 0.417 e. The molecule has 1 aliphatic rings. The standard InChI is InChI=1S/C20H18F3N5S/c1-4-29-15-6-12(20(21,22)23)9-25-16(15)18-27-14-5-11(8-26-17(14)28(18)3)13-7-19(13,2)10-24/h5-6,8-9,13H,4,7H2,1-3H3. The van der Waals surface area contributed by atoms with Gasteiger partial charge >= 0.3 is 6.18 Å². The van der Waals surface area contributed by atoms with Crippen molar-refractivity contribution >= 4 is 22.9 Å². The van der Waals surface area contributed by atoms with Crippen LogP contribution in [0, 0.1) is 16.7 Å². The molecule has 3 aromatic heterocycles. The summed E-state index contributed by atoms with van der Waals surface area (Å²) >= 11 is 1.29. The van der Waals surface area contributed by atoms with Crippen molar-refractivity contribution in [3.63, 3.8) is 0 Å². The highest BCUT2D eigenvalue weighted by molar-refractivity contribution is 7.99. The van der Waals surface area contributed by atoms with Gasteiger partial charge < -0.3 is 4.57 Å². The van der Waals surface area contributed by atoms with Crippen LogP contribution in [0.15, 0.2) is 29.4 Å². The number of hydrogen-bond acceptors (Lipinski definition) is 5. The van der Waals surface area contributed by atoms with Crippen molar-refractivity contribution in [3.05, 3.63) is 35.7 Å². The molecule has 2 atom stereocenters. The predicted molar refractivity (Wildman–Crippen MR) is 104 cm³/mol. The first-order valence-electron chi connectivity index (χ1n) is 9.12. The Morgan fingerprint density at radius 3 is 2.69 bits per heavy atom. The second-order valence-electron chi connectivity index (χ2n) is 7.39. The molecule has 0 spiro atoms. The van der Waals surface area contributed by atoms with Crippen LogP contribution in [0.4, 0.5) is 13.2 Å². The Kier molecular flexibility index (Phi) is 4.57. The van der Waals surface area contributed by atoms with Gasteiger partial charge in [-0.3, -0.25) is 4.98 Å². The number of hydrogen-bond donors (Lipinski definition) is 0. The normalized spacial score (nSPS) is 21.3. The highest BCUT2D eigenvalue weighted by Crippen LogP contribution is 2.58. The van der Waals surface area contributed by atoms with Crippen LogP contribution in [0.2, 0.25) is 0 Å². The number of nitriles is 1. The quantitative estimate of drug-likeness (QED) is 0.547. The molecule has 0 aromatic carbocycles. The van der Waals surface area contributed by atoms with Crippen molar-refractivity contribution in [2.45, 2.75) is 37.3 Å². The maximum atomic E-state index is 13.1. The lowest BCUT2D eigenvalue weighted by Gasteiger charge is -2.11. The van der Waals surface area contributed by atoms with Crippen LogP contribution in [-0.2, 0) is 13.2 Å². The molecule has 4 rings (SSSR count). The third-order valence-electron chi connectivity index (χ3n) is 5.32. The molecule has 0 bridgehead atoms. The number of alkyl halides is 3. The van der Waals surface area contributed by atoms with Crippen LogP contribution in [0.25, 0.3) is 22.7 Å². The van der Waals surface area contributed by atoms with Gasteiger partial charge in [-0.15, -0.1) is 11.8 Å². The van der Waals surface area contributed by atoms with Crippen LogP contribution in [-0.4, -0.2) is 25.3 Å². The minimum atomic E-state index is -4.45. The van der Waals surface area contributed by atoms with Gasteiger partial charge in [-0.05, 0) is 36.8 Å². The monoisotopic (exact) mass is 417 g/mol. The number of fused-ring (bicyclic) bond motifs is 1. The van der Waals surface area contributed by atoms with Gasteiger partial charge in [0.15, 0.2) is 11.5 Å². The highest BCUT2D eigenvalue weighted by atomic mass is 32.2. The van der Waals surface area contributed by atoms with E-state index in [0.29, 0.717) is 33.3 Å². The van der Waals surface area contributed by atoms with Crippen LogP contribution in [0.5, 0.6) is 0 Å². The topological polar surface area (TPSA) is 67.4 Å². The molecule has 1 fully saturated rings. The Balaban J connectivity index is 1.80. The molecule has 3 aromatic rings. The molecule has 5 nitrogen and oxygen atoms in total. The summed E-state index contributed by atoms with van der Waals surface area (Å²) in [5.74, 6) is 1.20. The summed E-state index contributed by atoms with van der Waals surface area (Å²) in [6.45, 7) is 3.80. The van der Waals surface area contributed by atoms with Crippen LogP contribution in [0.1, 0.15) is 37.3 Å². The second-order valence-corrected chi connectivity index (χ2v) is 8.70. The maximum absolute atomic E-state index is 13.1. The SMILES string of the molecule is CCSc1cc(C(F)(F)F)cnc1-c1nc2cc(C3CC3(C)C#N)cnc2n1C. The van der Waals surface area contributed by atoms with Crippen LogP contribution < -0.4 is 0 Å². The van der Waals surface area contributed by atoms with E-state index in [0.717, 1.165) is 24.2 Å². The summed E-state index contributed by atoms with van der Waals surface area (Å²) < 4.78 is 41.1. The number of rotatable bonds is 4. The summed E-state index contributed by atoms with van der Waals surface area (Å²) in [6.07, 6.45) is -1.07. The molecule has 2 unspecified atom stereocenters. The first-order chi connectivity index (χ1) is 13.7. The number of imidazole rings is 1. The number of nitrogens with zero attached hydrogens (tertiary/aromatic N) is 5. The van der Waals surface area contributed by atoms with E-state index in [4.69, 9.17) is 0 Å². The molecular weight excluding hydrogens is 399 g/mol. The zero-order valence-corrected chi connectivity index (χ0v) is 16.9. The lowest BCUT2D eigenvalue weighted by Crippen LogP contribution is -2.07. The minimum absolute atomic E-state index is 0.130. The van der Waals surface area contributed by atoms with Crippen molar-refractivity contribution in [3.8, 4) is 17.6 Å². The zero-order chi connectivity index (χ0) is 21.0. The fraction of sp³-hybridized carbons (Fsp3) is 0.400. The summed E-state index contributed by atoms with van der Waals surface area (Å²) in [5.41, 5.74) is 1.47. The molecule has 29 heavy (non-hydrogen) atoms. The molecule has 0 amide bonds. The van der Waals surface area contributed by atoms with Crippen molar-refractivity contribution in [1.29, 1.82) is 5.26 Å². The molecule has 0 radical (unpaired) electrons. The van der Waals surface area contributed by atoms with Gasteiger partial charge in [0, 0.05) is 30.3 Å². The fourth-order valence-electron chi connectivity index (χ4n) is 3.50. The lowest BCUT2D eigenvalue weighted by atomic mass is 10.0. The Bertz CT molecular complexity index is 1150. The van der Waals surface area contributed by atoms with E-state index in [-0.39, 0.29) is 11.3 Å². The van der Waals surface area contributed by atoms with Gasteiger partial charge in [-0.1, -0.05) is 6.92 Å². The van der Waals surface area contributed by atoms with Crippen molar-refractivity contribution in [2.24, 2.45) is 12.5 Å². The minimum Gasteiger partial charge on any atom is -0.310 e. The van der Waals surface area contributed by atoms with Crippen LogP contribution >= 0.6 is 11.8 Å². The largest absolute Gasteiger partial charge is 0.417 e. The van der Waals surface area contributed by atoms with Gasteiger partial charge in [-0.25, -0.2) is 9.97 Å².